The molecule has 0 aliphatic carbocycles. The van der Waals surface area contributed by atoms with E-state index < -0.39 is 5.97 Å². The first-order valence-electron chi connectivity index (χ1n) is 5.42. The topological polar surface area (TPSA) is 66.8 Å². The van der Waals surface area contributed by atoms with Crippen LogP contribution in [0.3, 0.4) is 0 Å². The van der Waals surface area contributed by atoms with Crippen molar-refractivity contribution in [2.45, 2.75) is 12.8 Å². The Morgan fingerprint density at radius 1 is 1.18 bits per heavy atom. The molecule has 0 saturated carbocycles. The lowest BCUT2D eigenvalue weighted by atomic mass is 10.1. The van der Waals surface area contributed by atoms with E-state index in [1.165, 1.54) is 6.26 Å². The Hall–Kier alpha value is -1.81. The van der Waals surface area contributed by atoms with Crippen LogP contribution < -0.4 is 0 Å². The maximum Gasteiger partial charge on any atom is 0.331 e. The number of aliphatic hydroxyl groups is 1. The van der Waals surface area contributed by atoms with Crippen LogP contribution in [0, 0.1) is 0 Å². The third kappa shape index (κ3) is 5.73. The van der Waals surface area contributed by atoms with Gasteiger partial charge in [0.2, 0.25) is 0 Å². The zero-order valence-electron chi connectivity index (χ0n) is 9.50. The summed E-state index contributed by atoms with van der Waals surface area (Å²) in [6.45, 7) is 0.603. The van der Waals surface area contributed by atoms with Crippen LogP contribution in [0.2, 0.25) is 0 Å². The maximum atomic E-state index is 10.1. The minimum absolute atomic E-state index is 0.155. The van der Waals surface area contributed by atoms with Gasteiger partial charge in [0.15, 0.2) is 0 Å². The summed E-state index contributed by atoms with van der Waals surface area (Å²) < 4.78 is 5.02. The Morgan fingerprint density at radius 3 is 2.29 bits per heavy atom. The molecule has 0 radical (unpaired) electrons. The van der Waals surface area contributed by atoms with E-state index in [0.717, 1.165) is 23.6 Å². The van der Waals surface area contributed by atoms with Gasteiger partial charge in [-0.05, 0) is 17.5 Å². The lowest BCUT2D eigenvalue weighted by Gasteiger charge is -2.03. The van der Waals surface area contributed by atoms with Crippen LogP contribution in [-0.4, -0.2) is 29.4 Å². The van der Waals surface area contributed by atoms with Gasteiger partial charge in [0.1, 0.15) is 0 Å². The quantitative estimate of drug-likeness (QED) is 0.426. The van der Waals surface area contributed by atoms with E-state index in [2.05, 4.69) is 0 Å². The summed E-state index contributed by atoms with van der Waals surface area (Å²) >= 11 is 0. The SMILES string of the molecule is O=C(O)C=COCCc1ccc(CCO)cc1. The number of carboxylic acid groups (broad SMARTS) is 1. The molecule has 92 valence electrons. The Kier molecular flexibility index (Phi) is 5.82. The summed E-state index contributed by atoms with van der Waals surface area (Å²) in [7, 11) is 0. The summed E-state index contributed by atoms with van der Waals surface area (Å²) in [6.07, 6.45) is 3.54. The Bertz CT molecular complexity index is 368. The predicted octanol–water partition coefficient (Wildman–Crippen LogP) is 1.38. The van der Waals surface area contributed by atoms with E-state index in [4.69, 9.17) is 14.9 Å². The first-order chi connectivity index (χ1) is 8.22. The van der Waals surface area contributed by atoms with Gasteiger partial charge in [-0.2, -0.15) is 0 Å². The van der Waals surface area contributed by atoms with Crippen molar-refractivity contribution in [1.82, 2.24) is 0 Å². The van der Waals surface area contributed by atoms with Crippen molar-refractivity contribution in [3.63, 3.8) is 0 Å². The molecule has 0 aliphatic heterocycles. The van der Waals surface area contributed by atoms with Gasteiger partial charge in [0.05, 0.1) is 18.9 Å². The second-order valence-electron chi connectivity index (χ2n) is 3.55. The van der Waals surface area contributed by atoms with Gasteiger partial charge in [-0.15, -0.1) is 0 Å². The number of hydrogen-bond acceptors (Lipinski definition) is 3. The number of carbonyl (C=O) groups is 1. The number of hydrogen-bond donors (Lipinski definition) is 2. The summed E-state index contributed by atoms with van der Waals surface area (Å²) in [6, 6.07) is 7.90. The highest BCUT2D eigenvalue weighted by Gasteiger charge is 1.95. The van der Waals surface area contributed by atoms with Crippen LogP contribution in [0.4, 0.5) is 0 Å². The van der Waals surface area contributed by atoms with Crippen LogP contribution in [0.25, 0.3) is 0 Å². The standard InChI is InChI=1S/C13H16O4/c14-8-5-11-1-3-12(4-2-11)6-9-17-10-7-13(15)16/h1-4,7,10,14H,5-6,8-9H2,(H,15,16). The van der Waals surface area contributed by atoms with Crippen molar-refractivity contribution in [2.75, 3.05) is 13.2 Å². The Morgan fingerprint density at radius 2 is 1.76 bits per heavy atom. The molecule has 17 heavy (non-hydrogen) atoms. The van der Waals surface area contributed by atoms with E-state index >= 15 is 0 Å². The molecule has 1 aromatic carbocycles. The average Bonchev–Trinajstić information content (AvgIpc) is 2.31. The minimum Gasteiger partial charge on any atom is -0.501 e. The largest absolute Gasteiger partial charge is 0.501 e. The molecular weight excluding hydrogens is 220 g/mol. The van der Waals surface area contributed by atoms with Crippen LogP contribution in [0.5, 0.6) is 0 Å². The van der Waals surface area contributed by atoms with Crippen LogP contribution in [0.15, 0.2) is 36.6 Å². The van der Waals surface area contributed by atoms with Crippen molar-refractivity contribution < 1.29 is 19.7 Å². The number of ether oxygens (including phenoxy) is 1. The molecule has 0 bridgehead atoms. The summed E-state index contributed by atoms with van der Waals surface area (Å²) in [5.41, 5.74) is 2.22. The molecule has 4 nitrogen and oxygen atoms in total. The molecule has 0 spiro atoms. The molecule has 1 aromatic rings. The average molecular weight is 236 g/mol. The number of benzene rings is 1. The van der Waals surface area contributed by atoms with Crippen molar-refractivity contribution in [2.24, 2.45) is 0 Å². The third-order valence-electron chi connectivity index (χ3n) is 2.24. The highest BCUT2D eigenvalue weighted by atomic mass is 16.5. The smallest absolute Gasteiger partial charge is 0.331 e. The molecule has 0 atom stereocenters. The zero-order valence-corrected chi connectivity index (χ0v) is 9.50. The zero-order chi connectivity index (χ0) is 12.5. The van der Waals surface area contributed by atoms with E-state index in [1.807, 2.05) is 24.3 Å². The number of carboxylic acids is 1. The predicted molar refractivity (Wildman–Crippen MR) is 63.7 cm³/mol. The molecule has 0 aliphatic rings. The van der Waals surface area contributed by atoms with Gasteiger partial charge in [0, 0.05) is 13.0 Å². The molecular formula is C13H16O4. The van der Waals surface area contributed by atoms with Crippen LogP contribution >= 0.6 is 0 Å². The van der Waals surface area contributed by atoms with E-state index in [0.29, 0.717) is 13.0 Å². The van der Waals surface area contributed by atoms with Crippen LogP contribution in [-0.2, 0) is 22.4 Å². The first kappa shape index (κ1) is 13.3. The van der Waals surface area contributed by atoms with E-state index in [9.17, 15) is 4.79 Å². The lowest BCUT2D eigenvalue weighted by Crippen LogP contribution is -1.96. The van der Waals surface area contributed by atoms with Gasteiger partial charge in [-0.1, -0.05) is 24.3 Å². The summed E-state index contributed by atoms with van der Waals surface area (Å²) in [5, 5.41) is 17.1. The number of aliphatic carboxylic acids is 1. The molecule has 1 rings (SSSR count). The molecule has 0 aromatic heterocycles. The molecule has 0 amide bonds. The summed E-state index contributed by atoms with van der Waals surface area (Å²) in [5.74, 6) is -1.02. The number of aliphatic hydroxyl groups excluding tert-OH is 1. The lowest BCUT2D eigenvalue weighted by molar-refractivity contribution is -0.131. The van der Waals surface area contributed by atoms with Gasteiger partial charge < -0.3 is 14.9 Å². The molecule has 0 fully saturated rings. The normalized spacial score (nSPS) is 10.6. The van der Waals surface area contributed by atoms with Crippen molar-refractivity contribution in [3.05, 3.63) is 47.7 Å². The van der Waals surface area contributed by atoms with Gasteiger partial charge in [0.25, 0.3) is 0 Å². The fraction of sp³-hybridized carbons (Fsp3) is 0.308. The Labute approximate surface area is 100 Å². The Balaban J connectivity index is 2.29. The van der Waals surface area contributed by atoms with E-state index in [1.54, 1.807) is 0 Å². The van der Waals surface area contributed by atoms with Crippen molar-refractivity contribution in [1.29, 1.82) is 0 Å². The van der Waals surface area contributed by atoms with Gasteiger partial charge in [-0.3, -0.25) is 0 Å². The number of rotatable bonds is 7. The fourth-order valence-electron chi connectivity index (χ4n) is 1.35. The maximum absolute atomic E-state index is 10.1. The molecule has 0 saturated heterocycles. The fourth-order valence-corrected chi connectivity index (χ4v) is 1.35. The first-order valence-corrected chi connectivity index (χ1v) is 5.42. The second kappa shape index (κ2) is 7.46. The highest BCUT2D eigenvalue weighted by molar-refractivity contribution is 5.79. The molecule has 0 heterocycles. The monoisotopic (exact) mass is 236 g/mol. The summed E-state index contributed by atoms with van der Waals surface area (Å²) in [4.78, 5) is 10.1. The van der Waals surface area contributed by atoms with Gasteiger partial charge in [-0.25, -0.2) is 4.79 Å². The molecule has 0 unspecified atom stereocenters. The van der Waals surface area contributed by atoms with Crippen LogP contribution in [0.1, 0.15) is 11.1 Å². The highest BCUT2D eigenvalue weighted by Crippen LogP contribution is 2.05. The third-order valence-corrected chi connectivity index (χ3v) is 2.24. The van der Waals surface area contributed by atoms with Crippen molar-refractivity contribution in [3.8, 4) is 0 Å². The second-order valence-corrected chi connectivity index (χ2v) is 3.55. The molecule has 2 N–H and O–H groups in total. The van der Waals surface area contributed by atoms with E-state index in [-0.39, 0.29) is 6.61 Å². The minimum atomic E-state index is -1.02. The molecule has 4 heteroatoms. The van der Waals surface area contributed by atoms with Gasteiger partial charge >= 0.3 is 5.97 Å². The van der Waals surface area contributed by atoms with Crippen molar-refractivity contribution >= 4 is 5.97 Å².